The predicted octanol–water partition coefficient (Wildman–Crippen LogP) is 2.59. The second-order valence-corrected chi connectivity index (χ2v) is 11.3. The van der Waals surface area contributed by atoms with Crippen molar-refractivity contribution < 1.29 is 33.1 Å². The summed E-state index contributed by atoms with van der Waals surface area (Å²) >= 11 is 3.37. The highest BCUT2D eigenvalue weighted by atomic mass is 79.9. The zero-order chi connectivity index (χ0) is 28.6. The minimum Gasteiger partial charge on any atom is -0.480 e. The summed E-state index contributed by atoms with van der Waals surface area (Å²) in [5.41, 5.74) is -1.64. The summed E-state index contributed by atoms with van der Waals surface area (Å²) in [6.07, 6.45) is 1.62. The molecule has 4 heterocycles. The van der Waals surface area contributed by atoms with Crippen molar-refractivity contribution >= 4 is 51.4 Å². The van der Waals surface area contributed by atoms with Gasteiger partial charge >= 0.3 is 0 Å². The van der Waals surface area contributed by atoms with E-state index < -0.39 is 27.9 Å². The highest BCUT2D eigenvalue weighted by molar-refractivity contribution is 9.10. The number of nitrogens with zero attached hydrogens (tertiary/aromatic N) is 3. The summed E-state index contributed by atoms with van der Waals surface area (Å²) < 4.78 is 37.7. The van der Waals surface area contributed by atoms with E-state index >= 15 is 0 Å². The van der Waals surface area contributed by atoms with Gasteiger partial charge in [0.2, 0.25) is 11.4 Å². The van der Waals surface area contributed by atoms with Crippen LogP contribution >= 0.6 is 15.9 Å². The summed E-state index contributed by atoms with van der Waals surface area (Å²) in [5, 5.41) is 22.8. The number of halogens is 2. The number of pyridine rings is 3. The summed E-state index contributed by atoms with van der Waals surface area (Å²) in [6, 6.07) is 11.2. The second-order valence-electron chi connectivity index (χ2n) is 8.88. The summed E-state index contributed by atoms with van der Waals surface area (Å²) in [5.74, 6) is -0.355. The SMILES string of the molecule is [B]C(O)(O)c1ccc(-c2ccc3cnc(CNC(=O)c4cc(Br)c5c(c4)S(=O)C(F)COC5)cc3n2)c(OC)n1. The molecule has 0 bridgehead atoms. The van der Waals surface area contributed by atoms with E-state index in [-0.39, 0.29) is 41.8 Å². The number of carbonyl (C=O) groups excluding carboxylic acids is 1. The fourth-order valence-corrected chi connectivity index (χ4v) is 5.94. The van der Waals surface area contributed by atoms with Crippen LogP contribution in [0.5, 0.6) is 5.88 Å². The van der Waals surface area contributed by atoms with Crippen LogP contribution in [0.1, 0.15) is 27.3 Å². The number of aromatic nitrogens is 3. The summed E-state index contributed by atoms with van der Waals surface area (Å²) in [6.45, 7) is -0.131. The monoisotopic (exact) mass is 626 g/mol. The second kappa shape index (κ2) is 11.3. The molecule has 40 heavy (non-hydrogen) atoms. The Morgan fingerprint density at radius 2 is 2.08 bits per heavy atom. The van der Waals surface area contributed by atoms with E-state index in [4.69, 9.17) is 17.3 Å². The molecule has 0 aliphatic carbocycles. The number of nitrogens with one attached hydrogen (secondary N) is 1. The zero-order valence-electron chi connectivity index (χ0n) is 20.9. The Balaban J connectivity index is 1.38. The van der Waals surface area contributed by atoms with Crippen LogP contribution in [0.4, 0.5) is 4.39 Å². The van der Waals surface area contributed by atoms with Crippen LogP contribution in [-0.4, -0.2) is 62.3 Å². The van der Waals surface area contributed by atoms with Gasteiger partial charge in [-0.1, -0.05) is 15.9 Å². The Labute approximate surface area is 240 Å². The molecule has 1 aromatic carbocycles. The minimum atomic E-state index is -2.62. The molecular weight excluding hydrogens is 606 g/mol. The maximum Gasteiger partial charge on any atom is 0.251 e. The number of carbonyl (C=O) groups is 1. The van der Waals surface area contributed by atoms with Gasteiger partial charge in [-0.25, -0.2) is 14.4 Å². The molecule has 0 spiro atoms. The minimum absolute atomic E-state index is 0.0679. The van der Waals surface area contributed by atoms with Gasteiger partial charge < -0.3 is 25.0 Å². The van der Waals surface area contributed by atoms with Gasteiger partial charge in [0.05, 0.1) is 65.8 Å². The van der Waals surface area contributed by atoms with Crippen LogP contribution in [0, 0.1) is 0 Å². The normalized spacial score (nSPS) is 17.2. The van der Waals surface area contributed by atoms with Gasteiger partial charge in [-0.2, -0.15) is 0 Å². The lowest BCUT2D eigenvalue weighted by Gasteiger charge is -2.18. The number of alkyl halides is 1. The first-order valence-corrected chi connectivity index (χ1v) is 13.8. The fourth-order valence-electron chi connectivity index (χ4n) is 4.09. The number of rotatable bonds is 6. The van der Waals surface area contributed by atoms with E-state index in [1.807, 2.05) is 0 Å². The number of fused-ring (bicyclic) bond motifs is 2. The number of amides is 1. The lowest BCUT2D eigenvalue weighted by Crippen LogP contribution is -2.26. The van der Waals surface area contributed by atoms with Crippen molar-refractivity contribution in [2.75, 3.05) is 13.7 Å². The van der Waals surface area contributed by atoms with Crippen molar-refractivity contribution in [2.45, 2.75) is 29.2 Å². The maximum absolute atomic E-state index is 14.1. The molecule has 1 aliphatic rings. The number of benzene rings is 1. The third kappa shape index (κ3) is 5.76. The summed E-state index contributed by atoms with van der Waals surface area (Å²) in [4.78, 5) is 26.3. The first-order valence-electron chi connectivity index (χ1n) is 11.8. The summed E-state index contributed by atoms with van der Waals surface area (Å²) in [7, 11) is 4.73. The molecule has 204 valence electrons. The molecule has 1 amide bonds. The average Bonchev–Trinajstić information content (AvgIpc) is 3.08. The van der Waals surface area contributed by atoms with Crippen LogP contribution in [0.3, 0.4) is 0 Å². The Morgan fingerprint density at radius 3 is 2.83 bits per heavy atom. The molecule has 0 fully saturated rings. The van der Waals surface area contributed by atoms with Gasteiger partial charge in [-0.05, 0) is 42.5 Å². The molecule has 14 heteroatoms. The smallest absolute Gasteiger partial charge is 0.251 e. The molecule has 3 aromatic heterocycles. The Bertz CT molecular complexity index is 1650. The van der Waals surface area contributed by atoms with E-state index in [9.17, 15) is 23.6 Å². The lowest BCUT2D eigenvalue weighted by atomic mass is 9.91. The van der Waals surface area contributed by atoms with Gasteiger partial charge in [-0.15, -0.1) is 0 Å². The predicted molar refractivity (Wildman–Crippen MR) is 147 cm³/mol. The van der Waals surface area contributed by atoms with E-state index in [1.165, 1.54) is 19.2 Å². The van der Waals surface area contributed by atoms with E-state index in [1.54, 1.807) is 36.5 Å². The molecule has 0 saturated heterocycles. The third-order valence-electron chi connectivity index (χ3n) is 6.13. The van der Waals surface area contributed by atoms with Crippen molar-refractivity contribution in [2.24, 2.45) is 0 Å². The molecule has 1 aliphatic heterocycles. The van der Waals surface area contributed by atoms with Crippen LogP contribution in [-0.2, 0) is 34.4 Å². The first kappa shape index (κ1) is 28.2. The van der Waals surface area contributed by atoms with Gasteiger partial charge in [-0.3, -0.25) is 14.0 Å². The van der Waals surface area contributed by atoms with Crippen LogP contribution in [0.25, 0.3) is 22.2 Å². The largest absolute Gasteiger partial charge is 0.480 e. The molecule has 2 unspecified atom stereocenters. The van der Waals surface area contributed by atoms with Crippen molar-refractivity contribution in [1.29, 1.82) is 0 Å². The molecule has 4 aromatic rings. The van der Waals surface area contributed by atoms with Gasteiger partial charge in [0.1, 0.15) is 0 Å². The molecule has 2 radical (unpaired) electrons. The molecule has 0 saturated carbocycles. The Morgan fingerprint density at radius 1 is 1.27 bits per heavy atom. The van der Waals surface area contributed by atoms with Crippen molar-refractivity contribution in [3.63, 3.8) is 0 Å². The third-order valence-corrected chi connectivity index (χ3v) is 8.23. The van der Waals surface area contributed by atoms with Gasteiger partial charge in [0, 0.05) is 32.1 Å². The van der Waals surface area contributed by atoms with Crippen LogP contribution < -0.4 is 10.1 Å². The first-order chi connectivity index (χ1) is 19.0. The average molecular weight is 627 g/mol. The van der Waals surface area contributed by atoms with Crippen LogP contribution in [0.15, 0.2) is 58.0 Å². The standard InChI is InChI=1S/C26H21BBrFN4O6S/c1-38-25-16(3-5-22(33-25)26(27,35)36)19-4-2-13-9-30-15(8-20(13)32-19)10-31-24(34)14-6-18(28)17-11-39-12-23(29)40(37)21(17)7-14/h2-9,23,35-36H,10-12H2,1H3,(H,31,34). The maximum atomic E-state index is 14.1. The molecule has 5 rings (SSSR count). The molecule has 2 atom stereocenters. The Kier molecular flexibility index (Phi) is 7.97. The fraction of sp³-hybridized carbons (Fsp3) is 0.231. The number of ether oxygens (including phenoxy) is 2. The lowest BCUT2D eigenvalue weighted by molar-refractivity contribution is -0.0945. The zero-order valence-corrected chi connectivity index (χ0v) is 23.3. The van der Waals surface area contributed by atoms with Gasteiger partial charge in [0.25, 0.3) is 5.91 Å². The topological polar surface area (TPSA) is 144 Å². The molecular formula is C26H21BBrFN4O6S. The number of hydrogen-bond donors (Lipinski definition) is 3. The number of methoxy groups -OCH3 is 1. The van der Waals surface area contributed by atoms with E-state index in [0.29, 0.717) is 32.5 Å². The highest BCUT2D eigenvalue weighted by Crippen LogP contribution is 2.32. The van der Waals surface area contributed by atoms with Crippen molar-refractivity contribution in [3.05, 3.63) is 75.6 Å². The van der Waals surface area contributed by atoms with E-state index in [2.05, 4.69) is 36.2 Å². The van der Waals surface area contributed by atoms with Crippen molar-refractivity contribution in [1.82, 2.24) is 20.3 Å². The number of hydrogen-bond acceptors (Lipinski definition) is 9. The molecule has 10 nitrogen and oxygen atoms in total. The van der Waals surface area contributed by atoms with E-state index in [0.717, 1.165) is 5.39 Å². The molecule has 3 N–H and O–H groups in total. The van der Waals surface area contributed by atoms with Crippen molar-refractivity contribution in [3.8, 4) is 17.1 Å². The van der Waals surface area contributed by atoms with Crippen LogP contribution in [0.2, 0.25) is 0 Å². The highest BCUT2D eigenvalue weighted by Gasteiger charge is 2.27. The number of aliphatic hydroxyl groups is 2. The van der Waals surface area contributed by atoms with Gasteiger partial charge in [0.15, 0.2) is 13.5 Å². The Hall–Kier alpha value is -3.30. The quantitative estimate of drug-likeness (QED) is 0.217.